The van der Waals surface area contributed by atoms with Gasteiger partial charge in [-0.15, -0.1) is 0 Å². The zero-order valence-corrected chi connectivity index (χ0v) is 13.3. The van der Waals surface area contributed by atoms with Crippen LogP contribution in [0.3, 0.4) is 0 Å². The second-order valence-corrected chi connectivity index (χ2v) is 5.06. The molecule has 1 N–H and O–H groups in total. The largest absolute Gasteiger partial charge is 0.496 e. The van der Waals surface area contributed by atoms with Crippen LogP contribution in [0.1, 0.15) is 22.0 Å². The molecule has 0 aliphatic carbocycles. The lowest BCUT2D eigenvalue weighted by Gasteiger charge is -2.19. The fourth-order valence-corrected chi connectivity index (χ4v) is 2.40. The van der Waals surface area contributed by atoms with Crippen molar-refractivity contribution in [1.29, 1.82) is 0 Å². The summed E-state index contributed by atoms with van der Waals surface area (Å²) in [5, 5.41) is 3.26. The second kappa shape index (κ2) is 7.82. The third-order valence-electron chi connectivity index (χ3n) is 3.34. The lowest BCUT2D eigenvalue weighted by molar-refractivity contribution is 0.0819. The standard InChI is InChI=1S/C17H18ClNO3/c1-21-15-10-6-4-8-13(15)16(22-2)11-19-17(20)12-7-3-5-9-14(12)18/h3-10,16H,11H2,1-2H3,(H,19,20). The molecule has 0 saturated heterocycles. The van der Waals surface area contributed by atoms with Crippen LogP contribution in [0.2, 0.25) is 5.02 Å². The fourth-order valence-electron chi connectivity index (χ4n) is 2.18. The van der Waals surface area contributed by atoms with E-state index in [1.807, 2.05) is 24.3 Å². The number of benzene rings is 2. The summed E-state index contributed by atoms with van der Waals surface area (Å²) in [7, 11) is 3.20. The van der Waals surface area contributed by atoms with Crippen molar-refractivity contribution in [3.05, 3.63) is 64.7 Å². The van der Waals surface area contributed by atoms with E-state index >= 15 is 0 Å². The van der Waals surface area contributed by atoms with Crippen molar-refractivity contribution in [2.24, 2.45) is 0 Å². The molecule has 5 heteroatoms. The average molecular weight is 320 g/mol. The van der Waals surface area contributed by atoms with Gasteiger partial charge >= 0.3 is 0 Å². The number of hydrogen-bond donors (Lipinski definition) is 1. The second-order valence-electron chi connectivity index (χ2n) is 4.66. The molecule has 2 aromatic rings. The number of ether oxygens (including phenoxy) is 2. The van der Waals surface area contributed by atoms with Gasteiger partial charge in [-0.25, -0.2) is 0 Å². The summed E-state index contributed by atoms with van der Waals surface area (Å²) in [5.74, 6) is 0.490. The van der Waals surface area contributed by atoms with Crippen LogP contribution in [0.15, 0.2) is 48.5 Å². The highest BCUT2D eigenvalue weighted by Gasteiger charge is 2.17. The van der Waals surface area contributed by atoms with Gasteiger partial charge in [0, 0.05) is 19.2 Å². The van der Waals surface area contributed by atoms with E-state index in [1.54, 1.807) is 38.5 Å². The number of methoxy groups -OCH3 is 2. The minimum Gasteiger partial charge on any atom is -0.496 e. The van der Waals surface area contributed by atoms with Crippen molar-refractivity contribution in [1.82, 2.24) is 5.32 Å². The summed E-state index contributed by atoms with van der Waals surface area (Å²) in [4.78, 5) is 12.2. The maximum Gasteiger partial charge on any atom is 0.252 e. The van der Waals surface area contributed by atoms with E-state index in [0.717, 1.165) is 11.3 Å². The zero-order chi connectivity index (χ0) is 15.9. The summed E-state index contributed by atoms with van der Waals surface area (Å²) in [6.07, 6.45) is -0.303. The number of carbonyl (C=O) groups excluding carboxylic acids is 1. The van der Waals surface area contributed by atoms with Gasteiger partial charge in [0.25, 0.3) is 5.91 Å². The van der Waals surface area contributed by atoms with Crippen molar-refractivity contribution in [2.45, 2.75) is 6.10 Å². The van der Waals surface area contributed by atoms with Crippen molar-refractivity contribution >= 4 is 17.5 Å². The third kappa shape index (κ3) is 3.78. The number of halogens is 1. The molecule has 22 heavy (non-hydrogen) atoms. The van der Waals surface area contributed by atoms with Gasteiger partial charge in [-0.1, -0.05) is 41.9 Å². The van der Waals surface area contributed by atoms with E-state index in [9.17, 15) is 4.79 Å². The molecule has 0 aliphatic rings. The zero-order valence-electron chi connectivity index (χ0n) is 12.5. The summed E-state index contributed by atoms with van der Waals surface area (Å²) in [5.41, 5.74) is 1.33. The molecular weight excluding hydrogens is 302 g/mol. The molecule has 0 saturated carbocycles. The van der Waals surface area contributed by atoms with E-state index < -0.39 is 0 Å². The Labute approximate surface area is 135 Å². The van der Waals surface area contributed by atoms with Gasteiger partial charge in [0.05, 0.1) is 17.7 Å². The van der Waals surface area contributed by atoms with Crippen LogP contribution in [-0.2, 0) is 4.74 Å². The minimum absolute atomic E-state index is 0.234. The molecule has 0 spiro atoms. The highest BCUT2D eigenvalue weighted by molar-refractivity contribution is 6.33. The topological polar surface area (TPSA) is 47.6 Å². The Morgan fingerprint density at radius 2 is 1.82 bits per heavy atom. The number of carbonyl (C=O) groups is 1. The quantitative estimate of drug-likeness (QED) is 0.887. The van der Waals surface area contributed by atoms with Crippen LogP contribution in [0.5, 0.6) is 5.75 Å². The van der Waals surface area contributed by atoms with E-state index in [1.165, 1.54) is 0 Å². The lowest BCUT2D eigenvalue weighted by Crippen LogP contribution is -2.29. The first kappa shape index (κ1) is 16.3. The molecule has 0 aromatic heterocycles. The van der Waals surface area contributed by atoms with Crippen LogP contribution in [0.4, 0.5) is 0 Å². The van der Waals surface area contributed by atoms with Gasteiger partial charge in [-0.3, -0.25) is 4.79 Å². The maximum absolute atomic E-state index is 12.2. The fraction of sp³-hybridized carbons (Fsp3) is 0.235. The van der Waals surface area contributed by atoms with Gasteiger partial charge in [-0.05, 0) is 18.2 Å². The monoisotopic (exact) mass is 319 g/mol. The van der Waals surface area contributed by atoms with Crippen LogP contribution < -0.4 is 10.1 Å². The molecule has 4 nitrogen and oxygen atoms in total. The van der Waals surface area contributed by atoms with Gasteiger partial charge in [0.2, 0.25) is 0 Å². The van der Waals surface area contributed by atoms with E-state index in [2.05, 4.69) is 5.32 Å². The smallest absolute Gasteiger partial charge is 0.252 e. The summed E-state index contributed by atoms with van der Waals surface area (Å²) < 4.78 is 10.8. The molecule has 2 rings (SSSR count). The summed E-state index contributed by atoms with van der Waals surface area (Å²) in [6, 6.07) is 14.5. The number of para-hydroxylation sites is 1. The van der Waals surface area contributed by atoms with Gasteiger partial charge in [0.15, 0.2) is 0 Å². The van der Waals surface area contributed by atoms with Gasteiger partial charge < -0.3 is 14.8 Å². The van der Waals surface area contributed by atoms with E-state index in [-0.39, 0.29) is 12.0 Å². The van der Waals surface area contributed by atoms with Crippen molar-refractivity contribution < 1.29 is 14.3 Å². The molecule has 1 atom stereocenters. The first-order valence-corrected chi connectivity index (χ1v) is 7.23. The van der Waals surface area contributed by atoms with Crippen LogP contribution >= 0.6 is 11.6 Å². The van der Waals surface area contributed by atoms with Crippen molar-refractivity contribution in [3.8, 4) is 5.75 Å². The molecule has 2 aromatic carbocycles. The van der Waals surface area contributed by atoms with Crippen LogP contribution in [0, 0.1) is 0 Å². The Morgan fingerprint density at radius 1 is 1.14 bits per heavy atom. The molecule has 0 bridgehead atoms. The first-order valence-electron chi connectivity index (χ1n) is 6.85. The molecule has 0 heterocycles. The first-order chi connectivity index (χ1) is 10.7. The third-order valence-corrected chi connectivity index (χ3v) is 3.67. The number of rotatable bonds is 6. The van der Waals surface area contributed by atoms with E-state index in [0.29, 0.717) is 17.1 Å². The SMILES string of the molecule is COc1ccccc1C(CNC(=O)c1ccccc1Cl)OC. The van der Waals surface area contributed by atoms with Crippen molar-refractivity contribution in [2.75, 3.05) is 20.8 Å². The minimum atomic E-state index is -0.303. The Kier molecular flexibility index (Phi) is 5.81. The average Bonchev–Trinajstić information content (AvgIpc) is 2.56. The predicted octanol–water partition coefficient (Wildman–Crippen LogP) is 3.47. The maximum atomic E-state index is 12.2. The molecule has 0 radical (unpaired) electrons. The summed E-state index contributed by atoms with van der Waals surface area (Å²) in [6.45, 7) is 0.320. The van der Waals surface area contributed by atoms with Gasteiger partial charge in [0.1, 0.15) is 11.9 Å². The molecule has 0 fully saturated rings. The Morgan fingerprint density at radius 3 is 2.50 bits per heavy atom. The summed E-state index contributed by atoms with van der Waals surface area (Å²) >= 11 is 6.02. The number of amides is 1. The molecule has 0 aliphatic heterocycles. The van der Waals surface area contributed by atoms with E-state index in [4.69, 9.17) is 21.1 Å². The molecule has 1 unspecified atom stereocenters. The highest BCUT2D eigenvalue weighted by Crippen LogP contribution is 2.26. The Balaban J connectivity index is 2.08. The highest BCUT2D eigenvalue weighted by atomic mass is 35.5. The van der Waals surface area contributed by atoms with Crippen molar-refractivity contribution in [3.63, 3.8) is 0 Å². The predicted molar refractivity (Wildman–Crippen MR) is 86.5 cm³/mol. The Hall–Kier alpha value is -2.04. The van der Waals surface area contributed by atoms with Crippen LogP contribution in [-0.4, -0.2) is 26.7 Å². The molecule has 116 valence electrons. The van der Waals surface area contributed by atoms with Crippen LogP contribution in [0.25, 0.3) is 0 Å². The molecular formula is C17H18ClNO3. The lowest BCUT2D eigenvalue weighted by atomic mass is 10.1. The number of hydrogen-bond acceptors (Lipinski definition) is 3. The molecule has 1 amide bonds. The number of nitrogens with one attached hydrogen (secondary N) is 1. The Bertz CT molecular complexity index is 645. The van der Waals surface area contributed by atoms with Gasteiger partial charge in [-0.2, -0.15) is 0 Å². The normalized spacial score (nSPS) is 11.8.